The number of pyridine rings is 1. The van der Waals surface area contributed by atoms with Gasteiger partial charge in [0, 0.05) is 37.2 Å². The van der Waals surface area contributed by atoms with Gasteiger partial charge in [-0.05, 0) is 57.5 Å². The first-order chi connectivity index (χ1) is 19.1. The first kappa shape index (κ1) is 30.4. The number of carbonyl (C=O) groups excluding carboxylic acids is 1. The van der Waals surface area contributed by atoms with Crippen LogP contribution in [-0.4, -0.2) is 55.9 Å². The maximum atomic E-state index is 13.5. The minimum atomic E-state index is -4.59. The van der Waals surface area contributed by atoms with Gasteiger partial charge in [-0.3, -0.25) is 9.69 Å². The highest BCUT2D eigenvalue weighted by atomic mass is 35.5. The molecule has 1 atom stereocenters. The molecule has 0 radical (unpaired) electrons. The van der Waals surface area contributed by atoms with E-state index in [4.69, 9.17) is 4.74 Å². The maximum absolute atomic E-state index is 13.5. The van der Waals surface area contributed by atoms with Gasteiger partial charge < -0.3 is 15.4 Å². The second-order valence-electron chi connectivity index (χ2n) is 9.75. The molecule has 4 aromatic rings. The van der Waals surface area contributed by atoms with Crippen molar-refractivity contribution in [3.05, 3.63) is 48.4 Å². The van der Waals surface area contributed by atoms with E-state index in [-0.39, 0.29) is 36.1 Å². The quantitative estimate of drug-likeness (QED) is 0.230. The molecule has 14 heteroatoms. The van der Waals surface area contributed by atoms with Crippen molar-refractivity contribution in [3.8, 4) is 22.9 Å². The Morgan fingerprint density at radius 3 is 2.73 bits per heavy atom. The van der Waals surface area contributed by atoms with E-state index in [0.29, 0.717) is 40.2 Å². The summed E-state index contributed by atoms with van der Waals surface area (Å²) in [6, 6.07) is 9.74. The number of aromatic nitrogens is 4. The summed E-state index contributed by atoms with van der Waals surface area (Å²) in [6.45, 7) is 7.04. The minimum absolute atomic E-state index is 0. The lowest BCUT2D eigenvalue weighted by atomic mass is 10.1. The molecule has 41 heavy (non-hydrogen) atoms. The van der Waals surface area contributed by atoms with Gasteiger partial charge in [0.25, 0.3) is 0 Å². The van der Waals surface area contributed by atoms with Crippen molar-refractivity contribution in [1.82, 2.24) is 24.8 Å². The highest BCUT2D eigenvalue weighted by Crippen LogP contribution is 2.36. The number of likely N-dealkylation sites (tertiary alicyclic amines) is 1. The zero-order chi connectivity index (χ0) is 28.4. The predicted octanol–water partition coefficient (Wildman–Crippen LogP) is 6.62. The van der Waals surface area contributed by atoms with Gasteiger partial charge in [0.2, 0.25) is 11.8 Å². The molecule has 0 unspecified atom stereocenters. The van der Waals surface area contributed by atoms with Gasteiger partial charge in [0.05, 0.1) is 10.4 Å². The molecular weight excluding hydrogens is 579 g/mol. The van der Waals surface area contributed by atoms with Crippen LogP contribution >= 0.6 is 23.7 Å². The van der Waals surface area contributed by atoms with Crippen LogP contribution in [0.5, 0.6) is 11.6 Å². The summed E-state index contributed by atoms with van der Waals surface area (Å²) in [6.07, 6.45) is -1.31. The number of fused-ring (bicyclic) bond motifs is 1. The van der Waals surface area contributed by atoms with Gasteiger partial charge in [-0.15, -0.1) is 12.4 Å². The molecule has 0 saturated carbocycles. The molecule has 0 spiro atoms. The molecule has 1 amide bonds. The zero-order valence-corrected chi connectivity index (χ0v) is 24.2. The van der Waals surface area contributed by atoms with Crippen LogP contribution in [-0.2, 0) is 11.0 Å². The normalized spacial score (nSPS) is 15.6. The fourth-order valence-corrected chi connectivity index (χ4v) is 5.72. The zero-order valence-electron chi connectivity index (χ0n) is 22.5. The van der Waals surface area contributed by atoms with Crippen LogP contribution in [0.25, 0.3) is 21.5 Å². The Morgan fingerprint density at radius 2 is 2.00 bits per heavy atom. The maximum Gasteiger partial charge on any atom is 0.433 e. The molecule has 4 heterocycles. The summed E-state index contributed by atoms with van der Waals surface area (Å²) in [5.74, 6) is 0.450. The number of nitrogens with zero attached hydrogens (tertiary/aromatic N) is 5. The largest absolute Gasteiger partial charge is 0.437 e. The molecule has 1 fully saturated rings. The lowest BCUT2D eigenvalue weighted by Crippen LogP contribution is -2.39. The van der Waals surface area contributed by atoms with Gasteiger partial charge in [0.1, 0.15) is 23.4 Å². The molecular formula is C27H29ClF3N7O2S. The average Bonchev–Trinajstić information content (AvgIpc) is 3.54. The number of benzene rings is 1. The van der Waals surface area contributed by atoms with E-state index in [9.17, 15) is 18.0 Å². The van der Waals surface area contributed by atoms with E-state index < -0.39 is 11.9 Å². The molecule has 1 aliphatic rings. The van der Waals surface area contributed by atoms with Crippen LogP contribution in [0.1, 0.15) is 39.3 Å². The summed E-state index contributed by atoms with van der Waals surface area (Å²) in [4.78, 5) is 30.7. The summed E-state index contributed by atoms with van der Waals surface area (Å²) in [5.41, 5.74) is 0.308. The van der Waals surface area contributed by atoms with E-state index in [1.807, 2.05) is 6.07 Å². The molecule has 0 bridgehead atoms. The van der Waals surface area contributed by atoms with Crippen LogP contribution in [0.3, 0.4) is 0 Å². The second-order valence-corrected chi connectivity index (χ2v) is 10.8. The molecule has 1 aromatic carbocycles. The van der Waals surface area contributed by atoms with Crippen molar-refractivity contribution in [3.63, 3.8) is 0 Å². The monoisotopic (exact) mass is 607 g/mol. The first-order valence-corrected chi connectivity index (χ1v) is 13.7. The summed E-state index contributed by atoms with van der Waals surface area (Å²) < 4.78 is 47.5. The number of rotatable bonds is 8. The van der Waals surface area contributed by atoms with Gasteiger partial charge in [-0.1, -0.05) is 17.4 Å². The molecule has 0 aliphatic carbocycles. The number of ether oxygens (including phenoxy) is 1. The Labute approximate surface area is 245 Å². The van der Waals surface area contributed by atoms with Crippen LogP contribution in [0, 0.1) is 0 Å². The second kappa shape index (κ2) is 12.5. The fraction of sp³-hybridized carbons (Fsp3) is 0.370. The van der Waals surface area contributed by atoms with Crippen LogP contribution in [0.2, 0.25) is 0 Å². The van der Waals surface area contributed by atoms with E-state index >= 15 is 0 Å². The number of carbonyl (C=O) groups is 1. The Kier molecular flexibility index (Phi) is 9.30. The highest BCUT2D eigenvalue weighted by Gasteiger charge is 2.34. The third kappa shape index (κ3) is 7.03. The molecule has 3 aromatic heterocycles. The van der Waals surface area contributed by atoms with Crippen LogP contribution in [0.15, 0.2) is 42.7 Å². The Bertz CT molecular complexity index is 1530. The smallest absolute Gasteiger partial charge is 0.433 e. The number of thiazole rings is 1. The van der Waals surface area contributed by atoms with E-state index in [2.05, 4.69) is 49.3 Å². The van der Waals surface area contributed by atoms with E-state index in [1.54, 1.807) is 18.2 Å². The number of amides is 1. The van der Waals surface area contributed by atoms with E-state index in [1.165, 1.54) is 30.7 Å². The Morgan fingerprint density at radius 1 is 1.20 bits per heavy atom. The number of hydrogen-bond donors (Lipinski definition) is 2. The standard InChI is InChI=1S/C27H28F3N7O2S.ClH/c1-15(2)37-11-5-6-17(37)13-31-25-18(9-10-22(35-25)27(28,29)30)19-12-23(33-14-32-19)39-20-7-4-8-21-24(20)36-26(40-21)34-16(3)38;/h4,7-10,12,14-15,17H,5-6,11,13H2,1-3H3,(H,31,35)(H,34,36,38);1H/t17-;/m1./s1. The molecule has 1 aliphatic heterocycles. The molecule has 9 nitrogen and oxygen atoms in total. The van der Waals surface area contributed by atoms with Gasteiger partial charge in [-0.25, -0.2) is 19.9 Å². The molecule has 218 valence electrons. The molecule has 5 rings (SSSR count). The Hall–Kier alpha value is -3.55. The summed E-state index contributed by atoms with van der Waals surface area (Å²) in [7, 11) is 0. The molecule has 2 N–H and O–H groups in total. The van der Waals surface area contributed by atoms with E-state index in [0.717, 1.165) is 30.2 Å². The van der Waals surface area contributed by atoms with Gasteiger partial charge in [-0.2, -0.15) is 13.2 Å². The van der Waals surface area contributed by atoms with Crippen molar-refractivity contribution in [2.75, 3.05) is 23.7 Å². The Balaban J connectivity index is 0.00000387. The van der Waals surface area contributed by atoms with Crippen LogP contribution < -0.4 is 15.4 Å². The minimum Gasteiger partial charge on any atom is -0.437 e. The van der Waals surface area contributed by atoms with Crippen molar-refractivity contribution in [1.29, 1.82) is 0 Å². The number of hydrogen-bond acceptors (Lipinski definition) is 9. The van der Waals surface area contributed by atoms with Crippen molar-refractivity contribution >= 4 is 50.8 Å². The highest BCUT2D eigenvalue weighted by molar-refractivity contribution is 7.22. The lowest BCUT2D eigenvalue weighted by molar-refractivity contribution is -0.141. The number of alkyl halides is 3. The number of anilines is 2. The van der Waals surface area contributed by atoms with Gasteiger partial charge >= 0.3 is 6.18 Å². The first-order valence-electron chi connectivity index (χ1n) is 12.8. The van der Waals surface area contributed by atoms with Gasteiger partial charge in [0.15, 0.2) is 10.9 Å². The van der Waals surface area contributed by atoms with Crippen molar-refractivity contribution in [2.45, 2.75) is 51.9 Å². The third-order valence-electron chi connectivity index (χ3n) is 6.57. The lowest BCUT2D eigenvalue weighted by Gasteiger charge is -2.28. The number of para-hydroxylation sites is 1. The summed E-state index contributed by atoms with van der Waals surface area (Å²) in [5, 5.41) is 6.27. The number of halogens is 4. The average molecular weight is 608 g/mol. The summed E-state index contributed by atoms with van der Waals surface area (Å²) >= 11 is 1.31. The topological polar surface area (TPSA) is 105 Å². The fourth-order valence-electron chi connectivity index (χ4n) is 4.79. The van der Waals surface area contributed by atoms with Crippen molar-refractivity contribution < 1.29 is 22.7 Å². The predicted molar refractivity (Wildman–Crippen MR) is 155 cm³/mol. The SMILES string of the molecule is CC(=O)Nc1nc2c(Oc3cc(-c4ccc(C(F)(F)F)nc4NC[C@H]4CCCN4C(C)C)ncn3)cccc2s1.Cl. The third-order valence-corrected chi connectivity index (χ3v) is 7.51. The molecule has 1 saturated heterocycles. The van der Waals surface area contributed by atoms with Crippen LogP contribution in [0.4, 0.5) is 24.1 Å². The number of nitrogens with one attached hydrogen (secondary N) is 2. The van der Waals surface area contributed by atoms with Crippen molar-refractivity contribution in [2.24, 2.45) is 0 Å².